The molecule has 0 heterocycles. The van der Waals surface area contributed by atoms with Gasteiger partial charge in [0.05, 0.1) is 6.61 Å². The summed E-state index contributed by atoms with van der Waals surface area (Å²) in [5.41, 5.74) is 0. The van der Waals surface area contributed by atoms with Crippen molar-refractivity contribution in [2.75, 3.05) is 13.2 Å². The summed E-state index contributed by atoms with van der Waals surface area (Å²) in [5, 5.41) is 9.65. The third-order valence-corrected chi connectivity index (χ3v) is 13.7. The summed E-state index contributed by atoms with van der Waals surface area (Å²) >= 11 is 0. The van der Waals surface area contributed by atoms with Crippen LogP contribution in [-0.4, -0.2) is 36.4 Å². The van der Waals surface area contributed by atoms with E-state index in [-0.39, 0.29) is 25.2 Å². The fraction of sp³-hybridized carbons (Fsp3) is 0.871. The van der Waals surface area contributed by atoms with Gasteiger partial charge in [-0.25, -0.2) is 0 Å². The fourth-order valence-electron chi connectivity index (χ4n) is 9.15. The number of ether oxygens (including phenoxy) is 2. The lowest BCUT2D eigenvalue weighted by Crippen LogP contribution is -2.28. The molecule has 0 rings (SSSR count). The molecule has 0 aliphatic heterocycles. The second-order valence-electron chi connectivity index (χ2n) is 20.4. The number of unbranched alkanes of at least 4 members (excludes halogenated alkanes) is 42. The van der Waals surface area contributed by atoms with Crippen LogP contribution >= 0.6 is 0 Å². The number of aliphatic hydroxyl groups is 1. The first-order valence-corrected chi connectivity index (χ1v) is 30.0. The normalized spacial score (nSPS) is 12.3. The second-order valence-corrected chi connectivity index (χ2v) is 20.4. The summed E-state index contributed by atoms with van der Waals surface area (Å²) in [4.78, 5) is 24.5. The van der Waals surface area contributed by atoms with E-state index < -0.39 is 6.10 Å². The van der Waals surface area contributed by atoms with Crippen molar-refractivity contribution < 1.29 is 24.2 Å². The number of allylic oxidation sites excluding steroid dienone is 6. The van der Waals surface area contributed by atoms with Gasteiger partial charge in [-0.3, -0.25) is 9.59 Å². The van der Waals surface area contributed by atoms with Gasteiger partial charge in [0.25, 0.3) is 0 Å². The SMILES string of the molecule is CCCCC/C=C\C/C=C\C/C=C\CCCCCCCCC(=O)OC(CO)COC(=O)CCCCCCCCCCCCCCCCCCCCCCCCCCCCCCCCCCCC. The van der Waals surface area contributed by atoms with Crippen LogP contribution in [-0.2, 0) is 19.1 Å². The van der Waals surface area contributed by atoms with Gasteiger partial charge in [0.15, 0.2) is 6.10 Å². The second kappa shape index (κ2) is 58.4. The van der Waals surface area contributed by atoms with Crippen LogP contribution in [0, 0.1) is 0 Å². The van der Waals surface area contributed by atoms with Crippen LogP contribution in [0.1, 0.15) is 328 Å². The predicted octanol–water partition coefficient (Wildman–Crippen LogP) is 20.3. The predicted molar refractivity (Wildman–Crippen MR) is 293 cm³/mol. The highest BCUT2D eigenvalue weighted by molar-refractivity contribution is 5.70. The van der Waals surface area contributed by atoms with Crippen molar-refractivity contribution in [1.82, 2.24) is 0 Å². The molecule has 1 unspecified atom stereocenters. The fourth-order valence-corrected chi connectivity index (χ4v) is 9.15. The lowest BCUT2D eigenvalue weighted by Gasteiger charge is -2.15. The van der Waals surface area contributed by atoms with Gasteiger partial charge < -0.3 is 14.6 Å². The number of rotatable bonds is 56. The van der Waals surface area contributed by atoms with Crippen LogP contribution in [0.3, 0.4) is 0 Å². The number of esters is 2. The standard InChI is InChI=1S/C62H116O5/c1-3-5-7-9-11-13-15-17-19-21-23-24-25-26-27-28-29-30-31-32-33-34-35-36-37-39-40-42-44-46-48-50-52-54-56-61(64)66-59-60(58-63)67-62(65)57-55-53-51-49-47-45-43-41-38-22-20-18-16-14-12-10-8-6-4-2/h12,14,18,20,38,41,60,63H,3-11,13,15-17,19,21-37,39-40,42-59H2,1-2H3/b14-12-,20-18-,41-38-. The molecule has 5 nitrogen and oxygen atoms in total. The Morgan fingerprint density at radius 2 is 0.597 bits per heavy atom. The lowest BCUT2D eigenvalue weighted by molar-refractivity contribution is -0.161. The van der Waals surface area contributed by atoms with Crippen molar-refractivity contribution in [3.8, 4) is 0 Å². The van der Waals surface area contributed by atoms with E-state index in [1.165, 1.54) is 244 Å². The number of carbonyl (C=O) groups excluding carboxylic acids is 2. The molecule has 0 aliphatic carbocycles. The van der Waals surface area contributed by atoms with Crippen LogP contribution in [0.5, 0.6) is 0 Å². The highest BCUT2D eigenvalue weighted by Gasteiger charge is 2.16. The highest BCUT2D eigenvalue weighted by Crippen LogP contribution is 2.18. The van der Waals surface area contributed by atoms with Crippen molar-refractivity contribution >= 4 is 11.9 Å². The molecule has 0 aliphatic rings. The summed E-state index contributed by atoms with van der Waals surface area (Å²) in [6, 6.07) is 0. The summed E-state index contributed by atoms with van der Waals surface area (Å²) in [7, 11) is 0. The molecule has 1 N–H and O–H groups in total. The maximum Gasteiger partial charge on any atom is 0.306 e. The van der Waals surface area contributed by atoms with Gasteiger partial charge in [0.2, 0.25) is 0 Å². The minimum absolute atomic E-state index is 0.0674. The Morgan fingerprint density at radius 3 is 0.925 bits per heavy atom. The maximum absolute atomic E-state index is 12.3. The Labute approximate surface area is 418 Å². The molecular formula is C62H116O5. The molecule has 0 saturated carbocycles. The summed E-state index contributed by atoms with van der Waals surface area (Å²) in [5.74, 6) is -0.590. The van der Waals surface area contributed by atoms with Crippen LogP contribution in [0.2, 0.25) is 0 Å². The zero-order valence-corrected chi connectivity index (χ0v) is 45.2. The molecule has 0 spiro atoms. The maximum atomic E-state index is 12.3. The molecule has 5 heteroatoms. The van der Waals surface area contributed by atoms with Gasteiger partial charge in [-0.05, 0) is 51.4 Å². The van der Waals surface area contributed by atoms with E-state index >= 15 is 0 Å². The molecule has 0 aromatic heterocycles. The molecule has 1 atom stereocenters. The van der Waals surface area contributed by atoms with E-state index in [4.69, 9.17) is 9.47 Å². The van der Waals surface area contributed by atoms with E-state index in [2.05, 4.69) is 50.3 Å². The minimum Gasteiger partial charge on any atom is -0.462 e. The third-order valence-electron chi connectivity index (χ3n) is 13.7. The molecule has 0 saturated heterocycles. The van der Waals surface area contributed by atoms with Crippen LogP contribution in [0.15, 0.2) is 36.5 Å². The molecule has 0 radical (unpaired) electrons. The summed E-state index contributed by atoms with van der Waals surface area (Å²) in [6.07, 6.45) is 75.8. The highest BCUT2D eigenvalue weighted by atomic mass is 16.6. The zero-order valence-electron chi connectivity index (χ0n) is 45.2. The first kappa shape index (κ1) is 65.1. The number of hydrogen-bond donors (Lipinski definition) is 1. The molecule has 0 aromatic carbocycles. The van der Waals surface area contributed by atoms with Gasteiger partial charge in [-0.1, -0.05) is 301 Å². The van der Waals surface area contributed by atoms with Gasteiger partial charge in [0.1, 0.15) is 6.61 Å². The zero-order chi connectivity index (χ0) is 48.5. The number of hydrogen-bond acceptors (Lipinski definition) is 5. The van der Waals surface area contributed by atoms with E-state index in [0.717, 1.165) is 57.8 Å². The van der Waals surface area contributed by atoms with Crippen molar-refractivity contribution in [1.29, 1.82) is 0 Å². The average Bonchev–Trinajstić information content (AvgIpc) is 3.33. The molecule has 67 heavy (non-hydrogen) atoms. The third kappa shape index (κ3) is 56.6. The van der Waals surface area contributed by atoms with Crippen molar-refractivity contribution in [2.45, 2.75) is 335 Å². The Morgan fingerprint density at radius 1 is 0.343 bits per heavy atom. The van der Waals surface area contributed by atoms with Gasteiger partial charge in [0, 0.05) is 12.8 Å². The van der Waals surface area contributed by atoms with E-state index in [1.54, 1.807) is 0 Å². The topological polar surface area (TPSA) is 72.8 Å². The Balaban J connectivity index is 3.40. The minimum atomic E-state index is -0.778. The van der Waals surface area contributed by atoms with Crippen LogP contribution in [0.4, 0.5) is 0 Å². The van der Waals surface area contributed by atoms with Crippen LogP contribution < -0.4 is 0 Å². The first-order valence-electron chi connectivity index (χ1n) is 30.0. The molecule has 0 aromatic rings. The largest absolute Gasteiger partial charge is 0.462 e. The molecule has 0 fully saturated rings. The van der Waals surface area contributed by atoms with Crippen LogP contribution in [0.25, 0.3) is 0 Å². The number of aliphatic hydroxyl groups excluding tert-OH is 1. The van der Waals surface area contributed by atoms with E-state index in [0.29, 0.717) is 12.8 Å². The quantitative estimate of drug-likeness (QED) is 0.0374. The molecular weight excluding hydrogens is 825 g/mol. The molecule has 394 valence electrons. The Kier molecular flexibility index (Phi) is 56.8. The molecule has 0 amide bonds. The van der Waals surface area contributed by atoms with Gasteiger partial charge >= 0.3 is 11.9 Å². The van der Waals surface area contributed by atoms with Crippen molar-refractivity contribution in [3.05, 3.63) is 36.5 Å². The van der Waals surface area contributed by atoms with Crippen molar-refractivity contribution in [3.63, 3.8) is 0 Å². The van der Waals surface area contributed by atoms with Gasteiger partial charge in [-0.2, -0.15) is 0 Å². The monoisotopic (exact) mass is 941 g/mol. The first-order chi connectivity index (χ1) is 33.1. The average molecular weight is 942 g/mol. The molecule has 0 bridgehead atoms. The van der Waals surface area contributed by atoms with E-state index in [9.17, 15) is 14.7 Å². The van der Waals surface area contributed by atoms with Gasteiger partial charge in [-0.15, -0.1) is 0 Å². The summed E-state index contributed by atoms with van der Waals surface area (Å²) < 4.78 is 10.7. The smallest absolute Gasteiger partial charge is 0.306 e. The van der Waals surface area contributed by atoms with E-state index in [1.807, 2.05) is 0 Å². The number of carbonyl (C=O) groups is 2. The lowest BCUT2D eigenvalue weighted by atomic mass is 10.0. The van der Waals surface area contributed by atoms with Crippen molar-refractivity contribution in [2.24, 2.45) is 0 Å². The summed E-state index contributed by atoms with van der Waals surface area (Å²) in [6.45, 7) is 4.15. The Hall–Kier alpha value is -1.88. The Bertz CT molecular complexity index is 1060.